The quantitative estimate of drug-likeness (QED) is 0.0831. The van der Waals surface area contributed by atoms with Gasteiger partial charge in [-0.15, -0.1) is 0 Å². The predicted octanol–water partition coefficient (Wildman–Crippen LogP) is 12.6. The Kier molecular flexibility index (Phi) is 20.8. The Morgan fingerprint density at radius 1 is 0.425 bits per heavy atom. The van der Waals surface area contributed by atoms with E-state index in [-0.39, 0.29) is 0 Å². The van der Waals surface area contributed by atoms with E-state index < -0.39 is 8.60 Å². The van der Waals surface area contributed by atoms with E-state index in [0.29, 0.717) is 6.61 Å². The standard InChI is InChI=1S/C36H59O3P/c1-4-7-10-13-16-19-22-33-24-28-35(29-25-33)38-40(37-32-21-18-15-12-9-6-3)39-36-30-26-34(27-31-36)23-20-17-14-11-8-5-2/h24-31H,4-23,32H2,1-3H3. The van der Waals surface area contributed by atoms with Crippen LogP contribution in [0.5, 0.6) is 11.5 Å². The van der Waals surface area contributed by atoms with E-state index in [1.165, 1.54) is 120 Å². The molecule has 0 unspecified atom stereocenters. The number of hydrogen-bond acceptors (Lipinski definition) is 3. The van der Waals surface area contributed by atoms with Gasteiger partial charge in [-0.2, -0.15) is 0 Å². The van der Waals surface area contributed by atoms with E-state index in [1.807, 2.05) is 0 Å². The predicted molar refractivity (Wildman–Crippen MR) is 175 cm³/mol. The van der Waals surface area contributed by atoms with Crippen molar-refractivity contribution in [2.75, 3.05) is 6.61 Å². The van der Waals surface area contributed by atoms with Gasteiger partial charge in [0.1, 0.15) is 11.5 Å². The lowest BCUT2D eigenvalue weighted by Gasteiger charge is -2.18. The van der Waals surface area contributed by atoms with Crippen LogP contribution in [0.3, 0.4) is 0 Å². The fraction of sp³-hybridized carbons (Fsp3) is 0.667. The second-order valence-corrected chi connectivity index (χ2v) is 12.4. The molecule has 0 heterocycles. The van der Waals surface area contributed by atoms with E-state index in [9.17, 15) is 0 Å². The maximum Gasteiger partial charge on any atom is 0.463 e. The fourth-order valence-corrected chi connectivity index (χ4v) is 5.93. The van der Waals surface area contributed by atoms with Crippen molar-refractivity contribution in [2.24, 2.45) is 0 Å². The lowest BCUT2D eigenvalue weighted by atomic mass is 10.1. The second-order valence-electron chi connectivity index (χ2n) is 11.3. The highest BCUT2D eigenvalue weighted by atomic mass is 31.2. The molecule has 0 atom stereocenters. The van der Waals surface area contributed by atoms with Gasteiger partial charge in [0, 0.05) is 0 Å². The van der Waals surface area contributed by atoms with Gasteiger partial charge in [-0.3, -0.25) is 4.52 Å². The van der Waals surface area contributed by atoms with E-state index in [1.54, 1.807) is 0 Å². The highest BCUT2D eigenvalue weighted by molar-refractivity contribution is 7.42. The zero-order chi connectivity index (χ0) is 28.5. The van der Waals surface area contributed by atoms with E-state index in [4.69, 9.17) is 13.6 Å². The first-order chi connectivity index (χ1) is 19.7. The molecule has 2 aromatic rings. The van der Waals surface area contributed by atoms with Crippen molar-refractivity contribution in [2.45, 2.75) is 149 Å². The van der Waals surface area contributed by atoms with Crippen LogP contribution in [-0.2, 0) is 17.4 Å². The topological polar surface area (TPSA) is 27.7 Å². The molecule has 40 heavy (non-hydrogen) atoms. The fourth-order valence-electron chi connectivity index (χ4n) is 4.92. The molecule has 0 aliphatic carbocycles. The molecule has 2 aromatic carbocycles. The Morgan fingerprint density at radius 2 is 0.775 bits per heavy atom. The Morgan fingerprint density at radius 3 is 1.18 bits per heavy atom. The molecule has 4 heteroatoms. The van der Waals surface area contributed by atoms with Gasteiger partial charge in [0.25, 0.3) is 0 Å². The Hall–Kier alpha value is -1.57. The molecule has 3 nitrogen and oxygen atoms in total. The van der Waals surface area contributed by atoms with Gasteiger partial charge in [-0.05, 0) is 67.5 Å². The summed E-state index contributed by atoms with van der Waals surface area (Å²) in [4.78, 5) is 0. The highest BCUT2D eigenvalue weighted by Gasteiger charge is 2.17. The SMILES string of the molecule is CCCCCCCCOP(Oc1ccc(CCCCCCCC)cc1)Oc1ccc(CCCCCCCC)cc1. The van der Waals surface area contributed by atoms with Crippen molar-refractivity contribution in [3.05, 3.63) is 59.7 Å². The minimum absolute atomic E-state index is 0.671. The van der Waals surface area contributed by atoms with E-state index >= 15 is 0 Å². The van der Waals surface area contributed by atoms with Crippen LogP contribution in [0.4, 0.5) is 0 Å². The van der Waals surface area contributed by atoms with Crippen LogP contribution in [0.25, 0.3) is 0 Å². The first-order valence-corrected chi connectivity index (χ1v) is 17.8. The van der Waals surface area contributed by atoms with Crippen molar-refractivity contribution in [3.8, 4) is 11.5 Å². The Bertz CT molecular complexity index is 759. The van der Waals surface area contributed by atoms with Crippen LogP contribution in [0.2, 0.25) is 0 Å². The van der Waals surface area contributed by atoms with Gasteiger partial charge in [0.15, 0.2) is 0 Å². The molecular weight excluding hydrogens is 511 g/mol. The summed E-state index contributed by atoms with van der Waals surface area (Å²) < 4.78 is 18.7. The largest absolute Gasteiger partial charge is 0.463 e. The molecule has 226 valence electrons. The van der Waals surface area contributed by atoms with Crippen LogP contribution < -0.4 is 9.05 Å². The maximum atomic E-state index is 6.25. The van der Waals surface area contributed by atoms with Crippen LogP contribution in [0.15, 0.2) is 48.5 Å². The van der Waals surface area contributed by atoms with Crippen molar-refractivity contribution in [1.82, 2.24) is 0 Å². The third-order valence-corrected chi connectivity index (χ3v) is 8.65. The minimum atomic E-state index is -1.50. The van der Waals surface area contributed by atoms with Gasteiger partial charge in [-0.25, -0.2) is 0 Å². The average molecular weight is 571 g/mol. The molecule has 0 amide bonds. The summed E-state index contributed by atoms with van der Waals surface area (Å²) in [5.41, 5.74) is 2.75. The van der Waals surface area contributed by atoms with Crippen molar-refractivity contribution >= 4 is 8.60 Å². The summed E-state index contributed by atoms with van der Waals surface area (Å²) in [7, 11) is -1.50. The molecule has 0 N–H and O–H groups in total. The summed E-state index contributed by atoms with van der Waals surface area (Å²) in [5.74, 6) is 1.64. The van der Waals surface area contributed by atoms with E-state index in [2.05, 4.69) is 69.3 Å². The van der Waals surface area contributed by atoms with Gasteiger partial charge < -0.3 is 9.05 Å². The Balaban J connectivity index is 1.83. The molecule has 2 rings (SSSR count). The summed E-state index contributed by atoms with van der Waals surface area (Å²) in [6, 6.07) is 17.1. The zero-order valence-corrected chi connectivity index (χ0v) is 27.0. The third-order valence-electron chi connectivity index (χ3n) is 7.54. The highest BCUT2D eigenvalue weighted by Crippen LogP contribution is 2.42. The molecule has 0 aliphatic heterocycles. The number of aryl methyl sites for hydroxylation is 2. The number of benzene rings is 2. The van der Waals surface area contributed by atoms with Crippen molar-refractivity contribution in [1.29, 1.82) is 0 Å². The van der Waals surface area contributed by atoms with Crippen LogP contribution in [0.1, 0.15) is 147 Å². The summed E-state index contributed by atoms with van der Waals surface area (Å²) in [5, 5.41) is 0. The molecule has 0 spiro atoms. The number of unbranched alkanes of at least 4 members (excludes halogenated alkanes) is 15. The lowest BCUT2D eigenvalue weighted by Crippen LogP contribution is -2.02. The molecular formula is C36H59O3P. The minimum Gasteiger partial charge on any atom is -0.418 e. The van der Waals surface area contributed by atoms with Gasteiger partial charge in [0.05, 0.1) is 6.61 Å². The van der Waals surface area contributed by atoms with Crippen LogP contribution >= 0.6 is 8.60 Å². The second kappa shape index (κ2) is 24.1. The number of rotatable bonds is 26. The third kappa shape index (κ3) is 17.3. The smallest absolute Gasteiger partial charge is 0.418 e. The lowest BCUT2D eigenvalue weighted by molar-refractivity contribution is 0.258. The molecule has 0 saturated carbocycles. The average Bonchev–Trinajstić information content (AvgIpc) is 2.98. The van der Waals surface area contributed by atoms with Gasteiger partial charge >= 0.3 is 8.60 Å². The molecule has 0 fully saturated rings. The van der Waals surface area contributed by atoms with Crippen molar-refractivity contribution < 1.29 is 13.6 Å². The van der Waals surface area contributed by atoms with Crippen LogP contribution in [0, 0.1) is 0 Å². The van der Waals surface area contributed by atoms with Crippen LogP contribution in [-0.4, -0.2) is 6.61 Å². The summed E-state index contributed by atoms with van der Waals surface area (Å²) in [6.07, 6.45) is 25.6. The molecule has 0 saturated heterocycles. The maximum absolute atomic E-state index is 6.25. The first kappa shape index (κ1) is 34.6. The zero-order valence-electron chi connectivity index (χ0n) is 26.1. The van der Waals surface area contributed by atoms with Gasteiger partial charge in [0.2, 0.25) is 0 Å². The Labute approximate surface area is 248 Å². The van der Waals surface area contributed by atoms with Crippen molar-refractivity contribution in [3.63, 3.8) is 0 Å². The monoisotopic (exact) mass is 570 g/mol. The van der Waals surface area contributed by atoms with E-state index in [0.717, 1.165) is 30.8 Å². The molecule has 0 aromatic heterocycles. The molecule has 0 bridgehead atoms. The first-order valence-electron chi connectivity index (χ1n) is 16.7. The summed E-state index contributed by atoms with van der Waals surface area (Å²) in [6.45, 7) is 7.47. The normalized spacial score (nSPS) is 11.3. The molecule has 0 radical (unpaired) electrons. The summed E-state index contributed by atoms with van der Waals surface area (Å²) >= 11 is 0. The number of hydrogen-bond donors (Lipinski definition) is 0. The van der Waals surface area contributed by atoms with Gasteiger partial charge in [-0.1, -0.05) is 141 Å². The molecule has 0 aliphatic rings.